The molecule has 0 saturated carbocycles. The van der Waals surface area contributed by atoms with Crippen LogP contribution in [0.25, 0.3) is 0 Å². The summed E-state index contributed by atoms with van der Waals surface area (Å²) in [6, 6.07) is 3.42. The summed E-state index contributed by atoms with van der Waals surface area (Å²) in [6.07, 6.45) is 0. The lowest BCUT2D eigenvalue weighted by Crippen LogP contribution is -2.17. The minimum absolute atomic E-state index is 0.0951. The Morgan fingerprint density at radius 3 is 2.65 bits per heavy atom. The van der Waals surface area contributed by atoms with E-state index in [0.717, 1.165) is 6.07 Å². The molecule has 2 aromatic rings. The zero-order valence-corrected chi connectivity index (χ0v) is 11.3. The third kappa shape index (κ3) is 2.66. The zero-order valence-electron chi connectivity index (χ0n) is 11.3. The van der Waals surface area contributed by atoms with E-state index >= 15 is 0 Å². The molecule has 0 fully saturated rings. The zero-order chi connectivity index (χ0) is 14.9. The first-order valence-corrected chi connectivity index (χ1v) is 6.06. The Morgan fingerprint density at radius 2 is 2.05 bits per heavy atom. The van der Waals surface area contributed by atoms with Gasteiger partial charge in [-0.1, -0.05) is 19.9 Å². The van der Waals surface area contributed by atoms with Crippen molar-refractivity contribution in [3.05, 3.63) is 41.2 Å². The molecule has 0 bridgehead atoms. The van der Waals surface area contributed by atoms with Crippen molar-refractivity contribution in [3.8, 4) is 0 Å². The van der Waals surface area contributed by atoms with E-state index in [9.17, 15) is 13.6 Å². The summed E-state index contributed by atoms with van der Waals surface area (Å²) in [5.41, 5.74) is -0.376. The lowest BCUT2D eigenvalue weighted by atomic mass is 10.2. The fraction of sp³-hybridized carbons (Fsp3) is 0.308. The highest BCUT2D eigenvalue weighted by Crippen LogP contribution is 2.15. The Kier molecular flexibility index (Phi) is 3.78. The van der Waals surface area contributed by atoms with Crippen molar-refractivity contribution in [1.82, 2.24) is 14.8 Å². The number of anilines is 1. The molecular formula is C13H14F2N4O. The number of hydrogen-bond donors (Lipinski definition) is 1. The van der Waals surface area contributed by atoms with Crippen molar-refractivity contribution in [1.29, 1.82) is 0 Å². The molecule has 20 heavy (non-hydrogen) atoms. The quantitative estimate of drug-likeness (QED) is 0.939. The van der Waals surface area contributed by atoms with E-state index < -0.39 is 17.5 Å². The van der Waals surface area contributed by atoms with Crippen molar-refractivity contribution in [2.24, 2.45) is 7.05 Å². The van der Waals surface area contributed by atoms with Crippen molar-refractivity contribution in [2.45, 2.75) is 19.8 Å². The molecule has 1 aromatic carbocycles. The van der Waals surface area contributed by atoms with Crippen molar-refractivity contribution < 1.29 is 13.6 Å². The number of hydrogen-bond acceptors (Lipinski definition) is 3. The molecule has 1 aromatic heterocycles. The van der Waals surface area contributed by atoms with Gasteiger partial charge in [-0.25, -0.2) is 13.5 Å². The van der Waals surface area contributed by atoms with Crippen LogP contribution >= 0.6 is 0 Å². The smallest absolute Gasteiger partial charge is 0.261 e. The number of amides is 1. The predicted molar refractivity (Wildman–Crippen MR) is 69.4 cm³/mol. The lowest BCUT2D eigenvalue weighted by molar-refractivity contribution is 0.102. The molecule has 5 nitrogen and oxygen atoms in total. The summed E-state index contributed by atoms with van der Waals surface area (Å²) in [4.78, 5) is 16.1. The van der Waals surface area contributed by atoms with E-state index in [1.807, 2.05) is 13.8 Å². The van der Waals surface area contributed by atoms with Crippen LogP contribution in [-0.4, -0.2) is 20.7 Å². The van der Waals surface area contributed by atoms with Gasteiger partial charge in [0.1, 0.15) is 0 Å². The lowest BCUT2D eigenvalue weighted by Gasteiger charge is -2.05. The first kappa shape index (κ1) is 14.1. The number of carbonyl (C=O) groups is 1. The average molecular weight is 280 g/mol. The fourth-order valence-electron chi connectivity index (χ4n) is 1.61. The van der Waals surface area contributed by atoms with Gasteiger partial charge in [0.25, 0.3) is 5.91 Å². The second-order valence-corrected chi connectivity index (χ2v) is 4.63. The molecule has 1 amide bonds. The minimum Gasteiger partial charge on any atom is -0.291 e. The summed E-state index contributed by atoms with van der Waals surface area (Å²) < 4.78 is 28.0. The van der Waals surface area contributed by atoms with E-state index in [4.69, 9.17) is 0 Å². The van der Waals surface area contributed by atoms with Crippen LogP contribution in [0.1, 0.15) is 35.9 Å². The molecule has 0 radical (unpaired) electrons. The van der Waals surface area contributed by atoms with E-state index in [0.29, 0.717) is 5.82 Å². The fourth-order valence-corrected chi connectivity index (χ4v) is 1.61. The largest absolute Gasteiger partial charge is 0.291 e. The van der Waals surface area contributed by atoms with Gasteiger partial charge in [-0.05, 0) is 12.1 Å². The Morgan fingerprint density at radius 1 is 1.35 bits per heavy atom. The Hall–Kier alpha value is -2.31. The second-order valence-electron chi connectivity index (χ2n) is 4.63. The van der Waals surface area contributed by atoms with Gasteiger partial charge < -0.3 is 0 Å². The van der Waals surface area contributed by atoms with Gasteiger partial charge in [0.2, 0.25) is 5.95 Å². The number of nitrogens with zero attached hydrogens (tertiary/aromatic N) is 3. The van der Waals surface area contributed by atoms with Gasteiger partial charge in [-0.3, -0.25) is 10.1 Å². The minimum atomic E-state index is -1.18. The van der Waals surface area contributed by atoms with Gasteiger partial charge in [0, 0.05) is 13.0 Å². The van der Waals surface area contributed by atoms with Gasteiger partial charge in [0.15, 0.2) is 17.5 Å². The standard InChI is InChI=1S/C13H14F2N4O/c1-7(2)11-16-13(19(3)18-11)17-12(20)8-5-4-6-9(14)10(8)15/h4-7H,1-3H3,(H,16,17,18,20). The number of benzene rings is 1. The van der Waals surface area contributed by atoms with E-state index in [1.165, 1.54) is 16.8 Å². The van der Waals surface area contributed by atoms with Crippen LogP contribution in [0.4, 0.5) is 14.7 Å². The molecule has 0 aliphatic carbocycles. The summed E-state index contributed by atoms with van der Waals surface area (Å²) >= 11 is 0. The van der Waals surface area contributed by atoms with Gasteiger partial charge >= 0.3 is 0 Å². The highest BCUT2D eigenvalue weighted by Gasteiger charge is 2.18. The molecule has 0 spiro atoms. The SMILES string of the molecule is CC(C)c1nc(NC(=O)c2cccc(F)c2F)n(C)n1. The Bertz CT molecular complexity index is 652. The van der Waals surface area contributed by atoms with Crippen LogP contribution in [0, 0.1) is 11.6 Å². The van der Waals surface area contributed by atoms with Crippen LogP contribution < -0.4 is 5.32 Å². The molecule has 0 unspecified atom stereocenters. The molecular weight excluding hydrogens is 266 g/mol. The average Bonchev–Trinajstić information content (AvgIpc) is 2.74. The summed E-state index contributed by atoms with van der Waals surface area (Å²) in [6.45, 7) is 3.82. The van der Waals surface area contributed by atoms with E-state index in [2.05, 4.69) is 15.4 Å². The maximum Gasteiger partial charge on any atom is 0.261 e. The molecule has 0 aliphatic heterocycles. The highest BCUT2D eigenvalue weighted by molar-refractivity contribution is 6.03. The number of carbonyl (C=O) groups excluding carboxylic acids is 1. The maximum absolute atomic E-state index is 13.5. The number of rotatable bonds is 3. The Labute approximate surface area is 114 Å². The van der Waals surface area contributed by atoms with Crippen LogP contribution in [0.5, 0.6) is 0 Å². The monoisotopic (exact) mass is 280 g/mol. The number of nitrogens with one attached hydrogen (secondary N) is 1. The van der Waals surface area contributed by atoms with E-state index in [-0.39, 0.29) is 17.4 Å². The predicted octanol–water partition coefficient (Wildman–Crippen LogP) is 2.47. The maximum atomic E-state index is 13.5. The topological polar surface area (TPSA) is 59.8 Å². The van der Waals surface area contributed by atoms with Gasteiger partial charge in [-0.2, -0.15) is 10.1 Å². The van der Waals surface area contributed by atoms with Crippen molar-refractivity contribution in [3.63, 3.8) is 0 Å². The third-order valence-electron chi connectivity index (χ3n) is 2.72. The number of aromatic nitrogens is 3. The molecule has 0 saturated heterocycles. The van der Waals surface area contributed by atoms with Gasteiger partial charge in [-0.15, -0.1) is 0 Å². The van der Waals surface area contributed by atoms with Crippen molar-refractivity contribution >= 4 is 11.9 Å². The van der Waals surface area contributed by atoms with Crippen molar-refractivity contribution in [2.75, 3.05) is 5.32 Å². The number of halogens is 2. The third-order valence-corrected chi connectivity index (χ3v) is 2.72. The molecule has 0 aliphatic rings. The second kappa shape index (κ2) is 5.36. The normalized spacial score (nSPS) is 10.9. The molecule has 106 valence electrons. The summed E-state index contributed by atoms with van der Waals surface area (Å²) in [7, 11) is 1.61. The van der Waals surface area contributed by atoms with Crippen LogP contribution in [0.3, 0.4) is 0 Å². The molecule has 2 rings (SSSR count). The van der Waals surface area contributed by atoms with Crippen LogP contribution in [-0.2, 0) is 7.05 Å². The molecule has 1 N–H and O–H groups in total. The summed E-state index contributed by atoms with van der Waals surface area (Å²) in [5, 5.41) is 6.53. The van der Waals surface area contributed by atoms with Gasteiger partial charge in [0.05, 0.1) is 5.56 Å². The number of aryl methyl sites for hydroxylation is 1. The Balaban J connectivity index is 2.26. The first-order chi connectivity index (χ1) is 9.40. The van der Waals surface area contributed by atoms with Crippen LogP contribution in [0.2, 0.25) is 0 Å². The molecule has 0 atom stereocenters. The van der Waals surface area contributed by atoms with Crippen LogP contribution in [0.15, 0.2) is 18.2 Å². The highest BCUT2D eigenvalue weighted by atomic mass is 19.2. The summed E-state index contributed by atoms with van der Waals surface area (Å²) in [5.74, 6) is -2.19. The first-order valence-electron chi connectivity index (χ1n) is 6.06. The van der Waals surface area contributed by atoms with E-state index in [1.54, 1.807) is 7.05 Å². The molecule has 7 heteroatoms. The molecule has 1 heterocycles.